The first-order chi connectivity index (χ1) is 28.2. The molecule has 0 spiro atoms. The highest BCUT2D eigenvalue weighted by Crippen LogP contribution is 2.52. The summed E-state index contributed by atoms with van der Waals surface area (Å²) in [5.74, 6) is 2.32. The molecular weight excluding hydrogens is 699 g/mol. The average Bonchev–Trinajstić information content (AvgIpc) is 4.06. The van der Waals surface area contributed by atoms with Crippen LogP contribution in [0.15, 0.2) is 150 Å². The van der Waals surface area contributed by atoms with E-state index in [1.165, 1.54) is 50.4 Å². The Morgan fingerprint density at radius 1 is 0.842 bits per heavy atom. The van der Waals surface area contributed by atoms with Crippen molar-refractivity contribution in [3.63, 3.8) is 0 Å². The molecule has 8 unspecified atom stereocenters. The molecule has 6 aliphatic carbocycles. The second-order valence-electron chi connectivity index (χ2n) is 16.5. The maximum absolute atomic E-state index is 6.84. The van der Waals surface area contributed by atoms with Crippen molar-refractivity contribution in [3.05, 3.63) is 179 Å². The molecule has 0 radical (unpaired) electrons. The van der Waals surface area contributed by atoms with Crippen LogP contribution in [0.3, 0.4) is 0 Å². The van der Waals surface area contributed by atoms with Crippen LogP contribution in [-0.4, -0.2) is 32.5 Å². The third-order valence-corrected chi connectivity index (χ3v) is 13.4. The highest BCUT2D eigenvalue weighted by atomic mass is 16.5. The van der Waals surface area contributed by atoms with Crippen LogP contribution in [0.4, 0.5) is 0 Å². The minimum absolute atomic E-state index is 0.0691. The Morgan fingerprint density at radius 3 is 2.51 bits per heavy atom. The Kier molecular flexibility index (Phi) is 8.43. The Bertz CT molecular complexity index is 2550. The molecule has 6 heteroatoms. The number of para-hydroxylation sites is 1. The lowest BCUT2D eigenvalue weighted by Crippen LogP contribution is -2.34. The van der Waals surface area contributed by atoms with Gasteiger partial charge in [0.25, 0.3) is 0 Å². The molecule has 8 atom stereocenters. The molecule has 1 saturated heterocycles. The molecule has 3 aromatic rings. The summed E-state index contributed by atoms with van der Waals surface area (Å²) in [5, 5.41) is 1.33. The fourth-order valence-corrected chi connectivity index (χ4v) is 10.7. The summed E-state index contributed by atoms with van der Waals surface area (Å²) in [4.78, 5) is 6.76. The zero-order valence-electron chi connectivity index (χ0n) is 32.4. The number of hydrogen-bond donors (Lipinski definition) is 1. The number of benzene rings is 1. The molecule has 8 aliphatic rings. The molecule has 284 valence electrons. The summed E-state index contributed by atoms with van der Waals surface area (Å²) in [7, 11) is 0. The molecule has 1 aromatic carbocycles. The van der Waals surface area contributed by atoms with E-state index in [-0.39, 0.29) is 24.4 Å². The van der Waals surface area contributed by atoms with Crippen molar-refractivity contribution in [2.24, 2.45) is 34.4 Å². The molecule has 11 rings (SSSR count). The van der Waals surface area contributed by atoms with Crippen LogP contribution in [0.2, 0.25) is 0 Å². The van der Waals surface area contributed by atoms with Gasteiger partial charge in [0.1, 0.15) is 12.0 Å². The first-order valence-corrected chi connectivity index (χ1v) is 20.9. The molecule has 2 aliphatic heterocycles. The monoisotopic (exact) mass is 747 g/mol. The lowest BCUT2D eigenvalue weighted by molar-refractivity contribution is 0.0592. The van der Waals surface area contributed by atoms with Crippen LogP contribution in [0.5, 0.6) is 0 Å². The quantitative estimate of drug-likeness (QED) is 0.245. The minimum Gasteiger partial charge on any atom is -0.385 e. The Labute approximate surface area is 335 Å². The summed E-state index contributed by atoms with van der Waals surface area (Å²) in [6, 6.07) is 9.22. The van der Waals surface area contributed by atoms with E-state index in [0.29, 0.717) is 29.5 Å². The van der Waals surface area contributed by atoms with Crippen molar-refractivity contribution >= 4 is 41.0 Å². The summed E-state index contributed by atoms with van der Waals surface area (Å²) in [6.45, 7) is 2.00. The zero-order valence-corrected chi connectivity index (χ0v) is 32.4. The fraction of sp³-hybridized carbons (Fsp3) is 0.275. The van der Waals surface area contributed by atoms with Gasteiger partial charge in [-0.15, -0.1) is 0 Å². The second-order valence-corrected chi connectivity index (χ2v) is 16.5. The Hall–Kier alpha value is -5.85. The molecule has 2 aromatic heterocycles. The number of fused-ring (bicyclic) bond motifs is 10. The van der Waals surface area contributed by atoms with Crippen molar-refractivity contribution in [3.8, 4) is 0 Å². The van der Waals surface area contributed by atoms with Gasteiger partial charge in [-0.3, -0.25) is 4.99 Å². The molecule has 2 N–H and O–H groups in total. The molecule has 4 heterocycles. The first kappa shape index (κ1) is 34.4. The van der Waals surface area contributed by atoms with E-state index in [4.69, 9.17) is 10.5 Å². The molecule has 0 saturated carbocycles. The topological polar surface area (TPSA) is 60.7 Å². The van der Waals surface area contributed by atoms with E-state index >= 15 is 0 Å². The number of rotatable bonds is 7. The molecular formula is C51H49N5O. The van der Waals surface area contributed by atoms with Crippen molar-refractivity contribution in [2.45, 2.75) is 63.4 Å². The average molecular weight is 748 g/mol. The van der Waals surface area contributed by atoms with E-state index in [1.807, 2.05) is 37.4 Å². The minimum atomic E-state index is -0.116. The normalized spacial score (nSPS) is 30.2. The number of aliphatic imine (C=N–C) groups is 1. The summed E-state index contributed by atoms with van der Waals surface area (Å²) in [6.07, 6.45) is 54.7. The van der Waals surface area contributed by atoms with Gasteiger partial charge in [-0.05, 0) is 117 Å². The van der Waals surface area contributed by atoms with Gasteiger partial charge in [-0.25, -0.2) is 0 Å². The Balaban J connectivity index is 0.868. The van der Waals surface area contributed by atoms with E-state index in [1.54, 1.807) is 0 Å². The highest BCUT2D eigenvalue weighted by Gasteiger charge is 2.46. The van der Waals surface area contributed by atoms with Gasteiger partial charge >= 0.3 is 0 Å². The summed E-state index contributed by atoms with van der Waals surface area (Å²) in [5.41, 5.74) is 18.7. The predicted octanol–water partition coefficient (Wildman–Crippen LogP) is 10.6. The summed E-state index contributed by atoms with van der Waals surface area (Å²) >= 11 is 0. The number of hydrogen-bond acceptors (Lipinski definition) is 4. The molecule has 6 nitrogen and oxygen atoms in total. The van der Waals surface area contributed by atoms with Gasteiger partial charge < -0.3 is 24.5 Å². The second kappa shape index (κ2) is 14.0. The molecule has 1 fully saturated rings. The van der Waals surface area contributed by atoms with Crippen LogP contribution in [-0.2, 0) is 17.6 Å². The predicted molar refractivity (Wildman–Crippen MR) is 235 cm³/mol. The maximum Gasteiger partial charge on any atom is 0.145 e. The van der Waals surface area contributed by atoms with E-state index in [9.17, 15) is 0 Å². The van der Waals surface area contributed by atoms with Crippen LogP contribution in [0.25, 0.3) is 34.8 Å². The van der Waals surface area contributed by atoms with E-state index in [2.05, 4.69) is 147 Å². The van der Waals surface area contributed by atoms with Gasteiger partial charge in [0.2, 0.25) is 0 Å². The molecule has 57 heavy (non-hydrogen) atoms. The third-order valence-electron chi connectivity index (χ3n) is 13.4. The number of ether oxygens (including phenoxy) is 1. The highest BCUT2D eigenvalue weighted by molar-refractivity contribution is 5.90. The van der Waals surface area contributed by atoms with Crippen LogP contribution < -0.4 is 5.73 Å². The number of nitrogens with zero attached hydrogens (tertiary/aromatic N) is 4. The maximum atomic E-state index is 6.84. The lowest BCUT2D eigenvalue weighted by atomic mass is 9.79. The van der Waals surface area contributed by atoms with Gasteiger partial charge in [-0.2, -0.15) is 0 Å². The largest absolute Gasteiger partial charge is 0.385 e. The lowest BCUT2D eigenvalue weighted by Gasteiger charge is -2.32. The third kappa shape index (κ3) is 5.60. The SMILES string of the molecule is C/C=C\C=C(/N)N(C1=CCC(C2C=CC(n3c4c(c5c3C=CC(n3c6c(c7ccccc73)C3OC7C=CC=CC7C3C=C6)C5)CCC=C4)=CC2)C=C1)C1C=CC=N1. The molecule has 0 amide bonds. The van der Waals surface area contributed by atoms with Crippen LogP contribution in [0.1, 0.15) is 72.1 Å². The van der Waals surface area contributed by atoms with Crippen molar-refractivity contribution in [1.82, 2.24) is 14.0 Å². The van der Waals surface area contributed by atoms with Crippen LogP contribution >= 0.6 is 0 Å². The van der Waals surface area contributed by atoms with Gasteiger partial charge in [0, 0.05) is 63.0 Å². The van der Waals surface area contributed by atoms with Crippen molar-refractivity contribution in [1.29, 1.82) is 0 Å². The Morgan fingerprint density at radius 2 is 1.68 bits per heavy atom. The van der Waals surface area contributed by atoms with Gasteiger partial charge in [-0.1, -0.05) is 97.2 Å². The smallest absolute Gasteiger partial charge is 0.145 e. The standard InChI is InChI=1S/C51H49N5O/c1-2-3-17-48(52)56(49-18-10-31-53-49)36-25-21-34(22-26-36)33-19-23-35(24-20-33)54-43-14-7-4-11-38(43)42-32-37(27-29-45(42)54)55-44-15-8-5-13-41(44)50-46(55)30-28-40-39-12-6-9-16-47(39)57-51(40)50/h2-3,5-10,12-19,21,23-31,33-34,37,39-40,47,49,51H,4,11,20,22,32,52H2,1H3/b3-2-,48-17+. The van der Waals surface area contributed by atoms with Crippen molar-refractivity contribution in [2.75, 3.05) is 0 Å². The summed E-state index contributed by atoms with van der Waals surface area (Å²) < 4.78 is 12.0. The van der Waals surface area contributed by atoms with Crippen LogP contribution in [0, 0.1) is 23.7 Å². The van der Waals surface area contributed by atoms with Crippen molar-refractivity contribution < 1.29 is 4.74 Å². The fourth-order valence-electron chi connectivity index (χ4n) is 10.7. The van der Waals surface area contributed by atoms with Gasteiger partial charge in [0.15, 0.2) is 0 Å². The number of aromatic nitrogens is 2. The first-order valence-electron chi connectivity index (χ1n) is 20.9. The number of allylic oxidation sites excluding steroid dienone is 15. The zero-order chi connectivity index (χ0) is 38.0. The van der Waals surface area contributed by atoms with E-state index < -0.39 is 0 Å². The van der Waals surface area contributed by atoms with Gasteiger partial charge in [0.05, 0.1) is 18.2 Å². The number of nitrogens with two attached hydrogens (primary N) is 1. The molecule has 0 bridgehead atoms. The van der Waals surface area contributed by atoms with E-state index in [0.717, 1.165) is 37.8 Å².